The fraction of sp³-hybridized carbons (Fsp3) is 0. The molecule has 0 fully saturated rings. The highest BCUT2D eigenvalue weighted by atomic mass is 16.3. The van der Waals surface area contributed by atoms with E-state index < -0.39 is 0 Å². The van der Waals surface area contributed by atoms with Crippen molar-refractivity contribution in [3.8, 4) is 89.4 Å². The number of hydrogen-bond acceptors (Lipinski definition) is 4. The number of fused-ring (bicyclic) bond motifs is 5. The SMILES string of the molecule is c1ccc(-c2ccc(N(c3ccc(-c4ccccc4)cc3)c3ccc(-c4oc5ccc6c(ccc7oc(-c8ccc(N(c9ccc(-c%10ccccc%10)cc9)c9ccc(-c%10ccccc%10)cc9)cc8)c(-c8ccccc8)c76)c5c4-c4ccccc4)cc3)cc2)cc1. The van der Waals surface area contributed by atoms with Crippen molar-refractivity contribution in [2.75, 3.05) is 9.80 Å². The van der Waals surface area contributed by atoms with E-state index in [9.17, 15) is 0 Å². The van der Waals surface area contributed by atoms with Gasteiger partial charge in [0.1, 0.15) is 22.7 Å². The minimum atomic E-state index is 0.811. The smallest absolute Gasteiger partial charge is 0.143 e. The van der Waals surface area contributed by atoms with Gasteiger partial charge in [0.15, 0.2) is 0 Å². The third-order valence-electron chi connectivity index (χ3n) is 17.3. The van der Waals surface area contributed by atoms with E-state index in [1.54, 1.807) is 0 Å². The Kier molecular flexibility index (Phi) is 13.9. The second-order valence-corrected chi connectivity index (χ2v) is 22.7. The molecule has 0 saturated carbocycles. The van der Waals surface area contributed by atoms with Crippen LogP contribution in [0.15, 0.2) is 361 Å². The molecule has 0 unspecified atom stereocenters. The van der Waals surface area contributed by atoms with Crippen molar-refractivity contribution in [1.82, 2.24) is 0 Å². The van der Waals surface area contributed by atoms with E-state index in [0.29, 0.717) is 0 Å². The van der Waals surface area contributed by atoms with Crippen LogP contribution in [0.4, 0.5) is 34.1 Å². The molecule has 4 heteroatoms. The Morgan fingerprint density at radius 1 is 0.167 bits per heavy atom. The van der Waals surface area contributed by atoms with Crippen molar-refractivity contribution in [3.63, 3.8) is 0 Å². The Morgan fingerprint density at radius 3 is 0.600 bits per heavy atom. The molecular weight excluding hydrogens is 1090 g/mol. The van der Waals surface area contributed by atoms with E-state index in [2.05, 4.69) is 362 Å². The lowest BCUT2D eigenvalue weighted by Crippen LogP contribution is -2.09. The van der Waals surface area contributed by atoms with Gasteiger partial charge < -0.3 is 18.6 Å². The lowest BCUT2D eigenvalue weighted by Gasteiger charge is -2.26. The maximum Gasteiger partial charge on any atom is 0.143 e. The van der Waals surface area contributed by atoms with Crippen LogP contribution in [0.5, 0.6) is 0 Å². The van der Waals surface area contributed by atoms with Gasteiger partial charge in [-0.05, 0) is 188 Å². The largest absolute Gasteiger partial charge is 0.455 e. The molecule has 0 aliphatic rings. The van der Waals surface area contributed by atoms with Gasteiger partial charge in [-0.15, -0.1) is 0 Å². The zero-order valence-corrected chi connectivity index (χ0v) is 49.2. The predicted octanol–water partition coefficient (Wildman–Crippen LogP) is 24.6. The average Bonchev–Trinajstić information content (AvgIpc) is 1.62. The highest BCUT2D eigenvalue weighted by molar-refractivity contribution is 6.25. The minimum absolute atomic E-state index is 0.811. The molecule has 16 rings (SSSR count). The van der Waals surface area contributed by atoms with Crippen molar-refractivity contribution >= 4 is 66.8 Å². The lowest BCUT2D eigenvalue weighted by molar-refractivity contribution is 0.632. The highest BCUT2D eigenvalue weighted by Gasteiger charge is 2.26. The lowest BCUT2D eigenvalue weighted by atomic mass is 9.92. The summed E-state index contributed by atoms with van der Waals surface area (Å²) >= 11 is 0. The number of rotatable bonds is 14. The molecule has 90 heavy (non-hydrogen) atoms. The van der Waals surface area contributed by atoms with Crippen LogP contribution in [-0.2, 0) is 0 Å². The Morgan fingerprint density at radius 2 is 0.367 bits per heavy atom. The van der Waals surface area contributed by atoms with E-state index in [-0.39, 0.29) is 0 Å². The van der Waals surface area contributed by atoms with E-state index >= 15 is 0 Å². The standard InChI is InChI=1S/C86H58N2O2/c1-7-19-59(20-8-1)63-31-43-71(44-32-63)87(72-45-33-64(34-46-72)60-21-9-2-10-22-60)75-51-39-69(40-52-75)85-81(67-27-15-5-16-28-67)83-77-56-58-80-84(78(77)55-57-79(83)89-85)82(68-29-17-6-18-30-68)86(90-80)70-41-53-76(54-42-70)88(73-47-35-65(36-48-73)61-23-11-3-12-24-61)74-49-37-66(38-50-74)62-25-13-4-14-26-62/h1-58H. The quantitative estimate of drug-likeness (QED) is 0.109. The summed E-state index contributed by atoms with van der Waals surface area (Å²) in [6, 6.07) is 125. The van der Waals surface area contributed by atoms with E-state index in [1.807, 2.05) is 0 Å². The van der Waals surface area contributed by atoms with Crippen LogP contribution in [0.1, 0.15) is 0 Å². The maximum atomic E-state index is 7.13. The number of nitrogens with zero attached hydrogens (tertiary/aromatic N) is 2. The van der Waals surface area contributed by atoms with Gasteiger partial charge in [-0.1, -0.05) is 231 Å². The zero-order valence-electron chi connectivity index (χ0n) is 49.2. The van der Waals surface area contributed by atoms with Crippen LogP contribution in [-0.4, -0.2) is 0 Å². The molecule has 0 radical (unpaired) electrons. The summed E-state index contributed by atoms with van der Waals surface area (Å²) in [5.74, 6) is 1.62. The summed E-state index contributed by atoms with van der Waals surface area (Å²) in [5, 5.41) is 4.28. The van der Waals surface area contributed by atoms with E-state index in [1.165, 1.54) is 44.5 Å². The first-order chi connectivity index (χ1) is 44.6. The van der Waals surface area contributed by atoms with Gasteiger partial charge in [0, 0.05) is 67.2 Å². The van der Waals surface area contributed by atoms with Crippen molar-refractivity contribution < 1.29 is 8.83 Å². The first-order valence-electron chi connectivity index (χ1n) is 30.6. The number of benzene rings is 14. The molecule has 0 bridgehead atoms. The zero-order chi connectivity index (χ0) is 59.7. The normalized spacial score (nSPS) is 11.3. The van der Waals surface area contributed by atoms with Crippen LogP contribution in [0.3, 0.4) is 0 Å². The molecule has 4 nitrogen and oxygen atoms in total. The van der Waals surface area contributed by atoms with Gasteiger partial charge in [0.05, 0.1) is 0 Å². The maximum absolute atomic E-state index is 7.13. The Hall–Kier alpha value is -12.0. The molecule has 0 saturated heterocycles. The molecule has 0 aliphatic carbocycles. The van der Waals surface area contributed by atoms with Crippen molar-refractivity contribution in [2.45, 2.75) is 0 Å². The highest BCUT2D eigenvalue weighted by Crippen LogP contribution is 2.50. The van der Waals surface area contributed by atoms with Crippen LogP contribution in [0.25, 0.3) is 122 Å². The molecule has 2 aromatic heterocycles. The second-order valence-electron chi connectivity index (χ2n) is 22.7. The number of hydrogen-bond donors (Lipinski definition) is 0. The van der Waals surface area contributed by atoms with Crippen molar-refractivity contribution in [3.05, 3.63) is 352 Å². The molecule has 424 valence electrons. The number of anilines is 6. The third kappa shape index (κ3) is 10.1. The van der Waals surface area contributed by atoms with E-state index in [4.69, 9.17) is 8.83 Å². The summed E-state index contributed by atoms with van der Waals surface area (Å²) in [5.41, 5.74) is 23.5. The summed E-state index contributed by atoms with van der Waals surface area (Å²) in [6.07, 6.45) is 0. The predicted molar refractivity (Wildman–Crippen MR) is 376 cm³/mol. The molecule has 2 heterocycles. The molecule has 0 N–H and O–H groups in total. The Labute approximate surface area is 523 Å². The topological polar surface area (TPSA) is 32.8 Å². The number of furan rings is 2. The van der Waals surface area contributed by atoms with E-state index in [0.717, 1.165) is 112 Å². The van der Waals surface area contributed by atoms with Crippen LogP contribution < -0.4 is 9.80 Å². The molecule has 0 atom stereocenters. The Bertz CT molecular complexity index is 4630. The van der Waals surface area contributed by atoms with Gasteiger partial charge in [-0.3, -0.25) is 0 Å². The summed E-state index contributed by atoms with van der Waals surface area (Å²) in [6.45, 7) is 0. The summed E-state index contributed by atoms with van der Waals surface area (Å²) < 4.78 is 14.3. The molecule has 0 aliphatic heterocycles. The van der Waals surface area contributed by atoms with Gasteiger partial charge in [0.2, 0.25) is 0 Å². The van der Waals surface area contributed by atoms with Crippen LogP contribution >= 0.6 is 0 Å². The fourth-order valence-electron chi connectivity index (χ4n) is 12.9. The first-order valence-corrected chi connectivity index (χ1v) is 30.6. The second kappa shape index (κ2) is 23.4. The molecule has 16 aromatic rings. The van der Waals surface area contributed by atoms with Gasteiger partial charge >= 0.3 is 0 Å². The monoisotopic (exact) mass is 1150 g/mol. The third-order valence-corrected chi connectivity index (χ3v) is 17.3. The van der Waals surface area contributed by atoms with Crippen molar-refractivity contribution in [2.24, 2.45) is 0 Å². The van der Waals surface area contributed by atoms with Gasteiger partial charge in [-0.2, -0.15) is 0 Å². The van der Waals surface area contributed by atoms with Gasteiger partial charge in [0.25, 0.3) is 0 Å². The first kappa shape index (κ1) is 53.5. The Balaban J connectivity index is 0.796. The van der Waals surface area contributed by atoms with Crippen molar-refractivity contribution in [1.29, 1.82) is 0 Å². The molecule has 14 aromatic carbocycles. The molecule has 0 spiro atoms. The van der Waals surface area contributed by atoms with Gasteiger partial charge in [-0.25, -0.2) is 0 Å². The molecule has 0 amide bonds. The van der Waals surface area contributed by atoms with Crippen LogP contribution in [0.2, 0.25) is 0 Å². The average molecular weight is 1150 g/mol. The molecular formula is C86H58N2O2. The minimum Gasteiger partial charge on any atom is -0.455 e. The summed E-state index contributed by atoms with van der Waals surface area (Å²) in [7, 11) is 0. The van der Waals surface area contributed by atoms with Crippen LogP contribution in [0, 0.1) is 0 Å². The fourth-order valence-corrected chi connectivity index (χ4v) is 12.9. The summed E-state index contributed by atoms with van der Waals surface area (Å²) in [4.78, 5) is 4.65.